The van der Waals surface area contributed by atoms with Crippen LogP contribution in [-0.4, -0.2) is 14.9 Å². The summed E-state index contributed by atoms with van der Waals surface area (Å²) >= 11 is 18.6. The number of rotatable bonds is 13. The highest BCUT2D eigenvalue weighted by atomic mass is 35.5. The maximum absolute atomic E-state index is 10.5. The second-order valence-corrected chi connectivity index (χ2v) is 9.89. The monoisotopic (exact) mass is 506 g/mol. The highest BCUT2D eigenvalue weighted by Crippen LogP contribution is 2.36. The van der Waals surface area contributed by atoms with Crippen LogP contribution < -0.4 is 0 Å². The van der Waals surface area contributed by atoms with E-state index >= 15 is 0 Å². The van der Waals surface area contributed by atoms with Crippen molar-refractivity contribution in [2.75, 3.05) is 0 Å². The summed E-state index contributed by atoms with van der Waals surface area (Å²) in [6.07, 6.45) is 12.8. The van der Waals surface area contributed by atoms with Crippen LogP contribution in [0.3, 0.4) is 0 Å². The van der Waals surface area contributed by atoms with Crippen molar-refractivity contribution in [3.05, 3.63) is 57.5 Å². The molecule has 3 nitrogen and oxygen atoms in total. The first-order valence-electron chi connectivity index (χ1n) is 12.0. The topological polar surface area (TPSA) is 38.0 Å². The molecular weight excluding hydrogens is 475 g/mol. The lowest BCUT2D eigenvalue weighted by Gasteiger charge is -2.09. The van der Waals surface area contributed by atoms with Gasteiger partial charge in [-0.25, -0.2) is 0 Å². The smallest absolute Gasteiger partial charge is 0.126 e. The van der Waals surface area contributed by atoms with Gasteiger partial charge in [-0.3, -0.25) is 4.68 Å². The molecule has 1 heterocycles. The van der Waals surface area contributed by atoms with Crippen molar-refractivity contribution in [3.63, 3.8) is 0 Å². The van der Waals surface area contributed by atoms with E-state index in [0.29, 0.717) is 20.6 Å². The second kappa shape index (κ2) is 13.3. The summed E-state index contributed by atoms with van der Waals surface area (Å²) in [6.45, 7) is 3.03. The highest BCUT2D eigenvalue weighted by Gasteiger charge is 2.16. The molecule has 0 aliphatic carbocycles. The van der Waals surface area contributed by atoms with Crippen LogP contribution in [0.15, 0.2) is 42.5 Å². The normalized spacial score (nSPS) is 11.3. The fourth-order valence-electron chi connectivity index (χ4n) is 4.10. The number of nitrogens with zero attached hydrogens (tertiary/aromatic N) is 2. The van der Waals surface area contributed by atoms with E-state index in [1.165, 1.54) is 51.4 Å². The van der Waals surface area contributed by atoms with E-state index in [-0.39, 0.29) is 5.75 Å². The third kappa shape index (κ3) is 7.67. The number of aromatic hydroxyl groups is 1. The zero-order valence-electron chi connectivity index (χ0n) is 19.3. The van der Waals surface area contributed by atoms with Crippen molar-refractivity contribution < 1.29 is 5.11 Å². The van der Waals surface area contributed by atoms with E-state index in [4.69, 9.17) is 39.9 Å². The molecule has 0 aliphatic rings. The van der Waals surface area contributed by atoms with E-state index in [2.05, 4.69) is 6.92 Å². The summed E-state index contributed by atoms with van der Waals surface area (Å²) in [4.78, 5) is 0. The Morgan fingerprint density at radius 3 is 1.91 bits per heavy atom. The number of benzene rings is 2. The molecule has 3 rings (SSSR count). The van der Waals surface area contributed by atoms with Gasteiger partial charge in [-0.2, -0.15) is 5.10 Å². The van der Waals surface area contributed by atoms with Crippen molar-refractivity contribution in [2.24, 2.45) is 0 Å². The predicted octanol–water partition coefficient (Wildman–Crippen LogP) is 9.80. The molecule has 6 heteroatoms. The number of phenols is 1. The Balaban J connectivity index is 1.67. The third-order valence-electron chi connectivity index (χ3n) is 5.95. The van der Waals surface area contributed by atoms with E-state index in [1.807, 2.05) is 28.9 Å². The van der Waals surface area contributed by atoms with Gasteiger partial charge in [0.05, 0.1) is 16.4 Å². The van der Waals surface area contributed by atoms with Gasteiger partial charge in [0.25, 0.3) is 0 Å². The zero-order valence-corrected chi connectivity index (χ0v) is 21.6. The molecule has 2 aromatic carbocycles. The molecule has 0 fully saturated rings. The predicted molar refractivity (Wildman–Crippen MR) is 142 cm³/mol. The standard InChI is InChI=1S/C27H33Cl3N2O/c1-2-3-4-5-6-7-8-9-10-11-16-32-26(23-15-13-21(29)18-27(23)33)19-25(31-32)22-14-12-20(28)17-24(22)30/h12-15,17-19,33H,2-11,16H2,1H3. The molecule has 0 unspecified atom stereocenters. The zero-order chi connectivity index (χ0) is 23.6. The molecule has 178 valence electrons. The molecule has 0 spiro atoms. The Kier molecular flexibility index (Phi) is 10.4. The first-order chi connectivity index (χ1) is 16.0. The van der Waals surface area contributed by atoms with Gasteiger partial charge in [0.2, 0.25) is 0 Å². The molecule has 0 radical (unpaired) electrons. The van der Waals surface area contributed by atoms with E-state index in [9.17, 15) is 5.11 Å². The number of halogens is 3. The molecule has 0 bridgehead atoms. The molecule has 33 heavy (non-hydrogen) atoms. The molecule has 0 aliphatic heterocycles. The van der Waals surface area contributed by atoms with Crippen molar-refractivity contribution in [3.8, 4) is 28.3 Å². The Labute approximate surface area is 212 Å². The van der Waals surface area contributed by atoms with Gasteiger partial charge in [0, 0.05) is 27.7 Å². The van der Waals surface area contributed by atoms with E-state index < -0.39 is 0 Å². The van der Waals surface area contributed by atoms with Gasteiger partial charge in [-0.1, -0.05) is 99.5 Å². The van der Waals surface area contributed by atoms with E-state index in [1.54, 1.807) is 18.2 Å². The van der Waals surface area contributed by atoms with Gasteiger partial charge >= 0.3 is 0 Å². The van der Waals surface area contributed by atoms with Crippen molar-refractivity contribution in [1.29, 1.82) is 0 Å². The molecule has 1 N–H and O–H groups in total. The fraction of sp³-hybridized carbons (Fsp3) is 0.444. The SMILES string of the molecule is CCCCCCCCCCCCn1nc(-c2ccc(Cl)cc2Cl)cc1-c1ccc(Cl)cc1O. The second-order valence-electron chi connectivity index (χ2n) is 8.61. The molecular formula is C27H33Cl3N2O. The quantitative estimate of drug-likeness (QED) is 0.234. The van der Waals surface area contributed by atoms with Crippen LogP contribution in [0.2, 0.25) is 15.1 Å². The lowest BCUT2D eigenvalue weighted by Crippen LogP contribution is -2.03. The summed E-state index contributed by atoms with van der Waals surface area (Å²) in [5.74, 6) is 0.139. The van der Waals surface area contributed by atoms with Crippen molar-refractivity contribution >= 4 is 34.8 Å². The largest absolute Gasteiger partial charge is 0.507 e. The minimum atomic E-state index is 0.139. The number of hydrogen-bond acceptors (Lipinski definition) is 2. The summed E-state index contributed by atoms with van der Waals surface area (Å²) in [7, 11) is 0. The summed E-state index contributed by atoms with van der Waals surface area (Å²) in [6, 6.07) is 12.5. The maximum Gasteiger partial charge on any atom is 0.126 e. The van der Waals surface area contributed by atoms with Gasteiger partial charge < -0.3 is 5.11 Å². The highest BCUT2D eigenvalue weighted by molar-refractivity contribution is 6.36. The van der Waals surface area contributed by atoms with Crippen molar-refractivity contribution in [1.82, 2.24) is 9.78 Å². The Morgan fingerprint density at radius 2 is 1.30 bits per heavy atom. The Bertz CT molecular complexity index is 1030. The van der Waals surface area contributed by atoms with Crippen LogP contribution in [0.25, 0.3) is 22.5 Å². The number of phenolic OH excluding ortho intramolecular Hbond substituents is 1. The van der Waals surface area contributed by atoms with Crippen LogP contribution in [0.5, 0.6) is 5.75 Å². The van der Waals surface area contributed by atoms with Gasteiger partial charge in [0.15, 0.2) is 0 Å². The molecule has 0 atom stereocenters. The number of aromatic nitrogens is 2. The number of hydrogen-bond donors (Lipinski definition) is 1. The van der Waals surface area contributed by atoms with Crippen LogP contribution in [0.4, 0.5) is 0 Å². The first-order valence-corrected chi connectivity index (χ1v) is 13.1. The number of aryl methyl sites for hydroxylation is 1. The molecule has 1 aromatic heterocycles. The van der Waals surface area contributed by atoms with Crippen LogP contribution in [0, 0.1) is 0 Å². The third-order valence-corrected chi connectivity index (χ3v) is 6.73. The Hall–Kier alpha value is -1.68. The molecule has 0 saturated carbocycles. The first kappa shape index (κ1) is 25.9. The van der Waals surface area contributed by atoms with Gasteiger partial charge in [-0.05, 0) is 48.9 Å². The lowest BCUT2D eigenvalue weighted by atomic mass is 10.1. The average molecular weight is 508 g/mol. The minimum absolute atomic E-state index is 0.139. The van der Waals surface area contributed by atoms with Gasteiger partial charge in [0.1, 0.15) is 5.75 Å². The van der Waals surface area contributed by atoms with Crippen LogP contribution >= 0.6 is 34.8 Å². The van der Waals surface area contributed by atoms with Crippen LogP contribution in [0.1, 0.15) is 71.1 Å². The lowest BCUT2D eigenvalue weighted by molar-refractivity contribution is 0.475. The molecule has 3 aromatic rings. The summed E-state index contributed by atoms with van der Waals surface area (Å²) < 4.78 is 1.97. The molecule has 0 amide bonds. The molecule has 0 saturated heterocycles. The number of unbranched alkanes of at least 4 members (excludes halogenated alkanes) is 9. The van der Waals surface area contributed by atoms with E-state index in [0.717, 1.165) is 36.3 Å². The maximum atomic E-state index is 10.5. The van der Waals surface area contributed by atoms with Crippen molar-refractivity contribution in [2.45, 2.75) is 77.7 Å². The Morgan fingerprint density at radius 1 is 0.727 bits per heavy atom. The average Bonchev–Trinajstić information content (AvgIpc) is 3.18. The van der Waals surface area contributed by atoms with Gasteiger partial charge in [-0.15, -0.1) is 0 Å². The van der Waals surface area contributed by atoms with Crippen LogP contribution in [-0.2, 0) is 6.54 Å². The minimum Gasteiger partial charge on any atom is -0.507 e. The summed E-state index contributed by atoms with van der Waals surface area (Å²) in [5, 5.41) is 17.0. The summed E-state index contributed by atoms with van der Waals surface area (Å²) in [5.41, 5.74) is 3.13. The fourth-order valence-corrected chi connectivity index (χ4v) is 4.77.